The molecule has 2 aliphatic heterocycles. The number of hydrogen-bond donors (Lipinski definition) is 0. The van der Waals surface area contributed by atoms with Crippen molar-refractivity contribution in [2.45, 2.75) is 64.9 Å². The van der Waals surface area contributed by atoms with E-state index in [1.54, 1.807) is 4.90 Å². The summed E-state index contributed by atoms with van der Waals surface area (Å²) in [5.41, 5.74) is 2.76. The zero-order valence-corrected chi connectivity index (χ0v) is 22.4. The highest BCUT2D eigenvalue weighted by Crippen LogP contribution is 2.30. The smallest absolute Gasteiger partial charge is 0.410 e. The number of allylic oxidation sites excluding steroid dienone is 3. The van der Waals surface area contributed by atoms with Crippen molar-refractivity contribution in [1.29, 1.82) is 5.26 Å². The number of carbonyl (C=O) groups excluding carboxylic acids is 2. The number of likely N-dealkylation sites (tertiary alicyclic amines) is 2. The van der Waals surface area contributed by atoms with Crippen molar-refractivity contribution in [2.75, 3.05) is 32.8 Å². The van der Waals surface area contributed by atoms with Crippen LogP contribution in [0.4, 0.5) is 4.79 Å². The van der Waals surface area contributed by atoms with Crippen LogP contribution in [0.3, 0.4) is 0 Å². The van der Waals surface area contributed by atoms with Crippen LogP contribution in [0.15, 0.2) is 42.0 Å². The third kappa shape index (κ3) is 7.38. The van der Waals surface area contributed by atoms with Gasteiger partial charge in [-0.2, -0.15) is 5.26 Å². The standard InChI is InChI=1S/C30H39N3O4/c1-30(2,3)37-29(35)33-18-14-23(15-19-33)21-36-27-10-8-25(9-11-27)24-4-6-26(7-5-24)28(34)32-16-12-22(20-31)13-17-32/h4,6,8-11,22-23H,5,7,12-19,21H2,1-3H3. The first-order valence-corrected chi connectivity index (χ1v) is 13.5. The number of benzene rings is 1. The van der Waals surface area contributed by atoms with Crippen LogP contribution in [0, 0.1) is 23.2 Å². The third-order valence-electron chi connectivity index (χ3n) is 7.37. The number of amides is 2. The Balaban J connectivity index is 1.23. The van der Waals surface area contributed by atoms with Gasteiger partial charge in [0, 0.05) is 37.7 Å². The molecule has 4 rings (SSSR count). The first kappa shape index (κ1) is 26.8. The number of nitriles is 1. The Hall–Kier alpha value is -3.27. The van der Waals surface area contributed by atoms with Crippen molar-refractivity contribution in [3.05, 3.63) is 47.6 Å². The molecule has 2 fully saturated rings. The van der Waals surface area contributed by atoms with E-state index < -0.39 is 5.60 Å². The fourth-order valence-electron chi connectivity index (χ4n) is 5.06. The number of ether oxygens (including phenoxy) is 2. The first-order valence-electron chi connectivity index (χ1n) is 13.5. The molecule has 0 atom stereocenters. The molecule has 0 unspecified atom stereocenters. The second-order valence-electron chi connectivity index (χ2n) is 11.3. The molecule has 198 valence electrons. The fraction of sp³-hybridized carbons (Fsp3) is 0.567. The summed E-state index contributed by atoms with van der Waals surface area (Å²) in [4.78, 5) is 28.8. The molecule has 2 saturated heterocycles. The molecular weight excluding hydrogens is 466 g/mol. The summed E-state index contributed by atoms with van der Waals surface area (Å²) in [7, 11) is 0. The zero-order valence-electron chi connectivity index (χ0n) is 22.4. The van der Waals surface area contributed by atoms with Crippen LogP contribution in [-0.2, 0) is 9.53 Å². The predicted molar refractivity (Wildman–Crippen MR) is 143 cm³/mol. The molecule has 3 aliphatic rings. The van der Waals surface area contributed by atoms with Crippen LogP contribution in [0.25, 0.3) is 5.57 Å². The Bertz CT molecular complexity index is 1060. The summed E-state index contributed by atoms with van der Waals surface area (Å²) in [5, 5.41) is 9.07. The lowest BCUT2D eigenvalue weighted by Crippen LogP contribution is -2.42. The minimum absolute atomic E-state index is 0.0834. The van der Waals surface area contributed by atoms with Gasteiger partial charge in [-0.1, -0.05) is 24.3 Å². The predicted octanol–water partition coefficient (Wildman–Crippen LogP) is 5.58. The topological polar surface area (TPSA) is 82.9 Å². The van der Waals surface area contributed by atoms with E-state index in [1.807, 2.05) is 43.9 Å². The minimum Gasteiger partial charge on any atom is -0.493 e. The summed E-state index contributed by atoms with van der Waals surface area (Å²) in [6.45, 7) is 9.06. The molecule has 7 heteroatoms. The molecule has 0 saturated carbocycles. The van der Waals surface area contributed by atoms with Crippen molar-refractivity contribution in [3.8, 4) is 11.8 Å². The SMILES string of the molecule is CC(C)(C)OC(=O)N1CCC(COc2ccc(C3=CC=C(C(=O)N4CCC(C#N)CC4)CC3)cc2)CC1. The molecule has 7 nitrogen and oxygen atoms in total. The lowest BCUT2D eigenvalue weighted by molar-refractivity contribution is -0.128. The van der Waals surface area contributed by atoms with Gasteiger partial charge in [-0.05, 0) is 88.5 Å². The van der Waals surface area contributed by atoms with Crippen LogP contribution in [-0.4, -0.2) is 60.2 Å². The van der Waals surface area contributed by atoms with E-state index in [0.717, 1.165) is 55.4 Å². The number of hydrogen-bond acceptors (Lipinski definition) is 5. The molecule has 0 N–H and O–H groups in total. The van der Waals surface area contributed by atoms with Gasteiger partial charge >= 0.3 is 6.09 Å². The Morgan fingerprint density at radius 2 is 1.59 bits per heavy atom. The minimum atomic E-state index is -0.469. The maximum Gasteiger partial charge on any atom is 0.410 e. The maximum atomic E-state index is 12.8. The van der Waals surface area contributed by atoms with Gasteiger partial charge in [0.15, 0.2) is 0 Å². The molecule has 0 aromatic heterocycles. The largest absolute Gasteiger partial charge is 0.493 e. The number of carbonyl (C=O) groups is 2. The van der Waals surface area contributed by atoms with Crippen molar-refractivity contribution in [1.82, 2.24) is 9.80 Å². The van der Waals surface area contributed by atoms with Crippen molar-refractivity contribution < 1.29 is 19.1 Å². The number of rotatable bonds is 5. The lowest BCUT2D eigenvalue weighted by atomic mass is 9.91. The highest BCUT2D eigenvalue weighted by atomic mass is 16.6. The average Bonchev–Trinajstić information content (AvgIpc) is 2.91. The van der Waals surface area contributed by atoms with Crippen molar-refractivity contribution in [3.63, 3.8) is 0 Å². The molecule has 1 aromatic carbocycles. The Morgan fingerprint density at radius 3 is 2.16 bits per heavy atom. The van der Waals surface area contributed by atoms with E-state index in [0.29, 0.717) is 38.7 Å². The van der Waals surface area contributed by atoms with Crippen LogP contribution in [0.2, 0.25) is 0 Å². The Morgan fingerprint density at radius 1 is 0.946 bits per heavy atom. The molecule has 0 spiro atoms. The summed E-state index contributed by atoms with van der Waals surface area (Å²) < 4.78 is 11.5. The van der Waals surface area contributed by atoms with Crippen LogP contribution in [0.1, 0.15) is 64.9 Å². The van der Waals surface area contributed by atoms with Crippen LogP contribution in [0.5, 0.6) is 5.75 Å². The molecule has 1 aromatic rings. The summed E-state index contributed by atoms with van der Waals surface area (Å²) in [5.74, 6) is 1.47. The van der Waals surface area contributed by atoms with E-state index in [-0.39, 0.29) is 17.9 Å². The van der Waals surface area contributed by atoms with Crippen LogP contribution < -0.4 is 4.74 Å². The molecule has 2 heterocycles. The Labute approximate surface area is 220 Å². The van der Waals surface area contributed by atoms with Crippen LogP contribution >= 0.6 is 0 Å². The van der Waals surface area contributed by atoms with E-state index >= 15 is 0 Å². The maximum absolute atomic E-state index is 12.8. The van der Waals surface area contributed by atoms with Gasteiger partial charge in [-0.25, -0.2) is 4.79 Å². The number of piperidine rings is 2. The molecule has 37 heavy (non-hydrogen) atoms. The summed E-state index contributed by atoms with van der Waals surface area (Å²) >= 11 is 0. The van der Waals surface area contributed by atoms with E-state index in [2.05, 4.69) is 24.3 Å². The highest BCUT2D eigenvalue weighted by Gasteiger charge is 2.28. The molecule has 0 radical (unpaired) electrons. The Kier molecular flexibility index (Phi) is 8.58. The molecular formula is C30H39N3O4. The fourth-order valence-corrected chi connectivity index (χ4v) is 5.06. The van der Waals surface area contributed by atoms with Crippen molar-refractivity contribution >= 4 is 17.6 Å². The number of nitrogens with zero attached hydrogens (tertiary/aromatic N) is 3. The van der Waals surface area contributed by atoms with Gasteiger partial charge in [0.1, 0.15) is 11.4 Å². The zero-order chi connectivity index (χ0) is 26.4. The van der Waals surface area contributed by atoms with Gasteiger partial charge < -0.3 is 19.3 Å². The van der Waals surface area contributed by atoms with Gasteiger partial charge in [0.25, 0.3) is 0 Å². The molecule has 0 bridgehead atoms. The van der Waals surface area contributed by atoms with Gasteiger partial charge in [-0.3, -0.25) is 4.79 Å². The van der Waals surface area contributed by atoms with E-state index in [4.69, 9.17) is 14.7 Å². The van der Waals surface area contributed by atoms with Gasteiger partial charge in [-0.15, -0.1) is 0 Å². The first-order chi connectivity index (χ1) is 17.7. The van der Waals surface area contributed by atoms with E-state index in [1.165, 1.54) is 5.57 Å². The van der Waals surface area contributed by atoms with Gasteiger partial charge in [0.05, 0.1) is 12.7 Å². The lowest BCUT2D eigenvalue weighted by Gasteiger charge is -2.33. The highest BCUT2D eigenvalue weighted by molar-refractivity contribution is 5.95. The summed E-state index contributed by atoms with van der Waals surface area (Å²) in [6.07, 6.45) is 8.74. The quantitative estimate of drug-likeness (QED) is 0.522. The summed E-state index contributed by atoms with van der Waals surface area (Å²) in [6, 6.07) is 10.5. The van der Waals surface area contributed by atoms with Crippen molar-refractivity contribution in [2.24, 2.45) is 11.8 Å². The normalized spacial score (nSPS) is 19.5. The second kappa shape index (κ2) is 11.9. The molecule has 2 amide bonds. The van der Waals surface area contributed by atoms with E-state index in [9.17, 15) is 9.59 Å². The van der Waals surface area contributed by atoms with Gasteiger partial charge in [0.2, 0.25) is 5.91 Å². The monoisotopic (exact) mass is 505 g/mol. The molecule has 1 aliphatic carbocycles. The third-order valence-corrected chi connectivity index (χ3v) is 7.37. The second-order valence-corrected chi connectivity index (χ2v) is 11.3. The average molecular weight is 506 g/mol.